The number of non-ortho nitro benzene ring substituents is 1. The van der Waals surface area contributed by atoms with Crippen LogP contribution in [0.1, 0.15) is 5.82 Å². The molecule has 2 aromatic rings. The highest BCUT2D eigenvalue weighted by molar-refractivity contribution is 5.92. The molecule has 1 N–H and O–H groups in total. The highest BCUT2D eigenvalue weighted by Crippen LogP contribution is 2.17. The molecule has 0 spiro atoms. The summed E-state index contributed by atoms with van der Waals surface area (Å²) in [5.41, 5.74) is 0.415. The van der Waals surface area contributed by atoms with E-state index in [9.17, 15) is 14.9 Å². The van der Waals surface area contributed by atoms with Gasteiger partial charge in [-0.15, -0.1) is 0 Å². The number of nitro groups is 1. The van der Waals surface area contributed by atoms with Gasteiger partial charge < -0.3 is 9.88 Å². The Labute approximate surface area is 157 Å². The highest BCUT2D eigenvalue weighted by atomic mass is 16.6. The number of hydrogen-bond acceptors (Lipinski definition) is 6. The van der Waals surface area contributed by atoms with Crippen LogP contribution in [-0.2, 0) is 11.3 Å². The molecule has 2 heterocycles. The minimum absolute atomic E-state index is 0.0328. The van der Waals surface area contributed by atoms with Crippen LogP contribution < -0.4 is 5.32 Å². The largest absolute Gasteiger partial charge is 0.334 e. The Kier molecular flexibility index (Phi) is 6.15. The number of aromatic nitrogens is 2. The summed E-state index contributed by atoms with van der Waals surface area (Å²) in [5, 5.41) is 13.5. The van der Waals surface area contributed by atoms with Crippen molar-refractivity contribution in [1.29, 1.82) is 0 Å². The second kappa shape index (κ2) is 8.74. The van der Waals surface area contributed by atoms with Crippen molar-refractivity contribution in [2.45, 2.75) is 13.5 Å². The summed E-state index contributed by atoms with van der Waals surface area (Å²) < 4.78 is 2.14. The zero-order valence-corrected chi connectivity index (χ0v) is 15.4. The van der Waals surface area contributed by atoms with Gasteiger partial charge in [0.25, 0.3) is 5.69 Å². The average molecular weight is 372 g/mol. The van der Waals surface area contributed by atoms with Crippen LogP contribution in [-0.4, -0.2) is 69.4 Å². The number of nitrogens with zero attached hydrogens (tertiary/aromatic N) is 5. The lowest BCUT2D eigenvalue weighted by Gasteiger charge is -2.34. The lowest BCUT2D eigenvalue weighted by Crippen LogP contribution is -2.49. The second-order valence-corrected chi connectivity index (χ2v) is 6.64. The molecule has 1 fully saturated rings. The number of anilines is 1. The Balaban J connectivity index is 1.41. The number of nitro benzene ring substituents is 1. The van der Waals surface area contributed by atoms with Gasteiger partial charge in [0.05, 0.1) is 11.5 Å². The van der Waals surface area contributed by atoms with Crippen molar-refractivity contribution < 1.29 is 9.72 Å². The molecule has 0 bridgehead atoms. The van der Waals surface area contributed by atoms with E-state index in [4.69, 9.17) is 0 Å². The minimum atomic E-state index is -0.472. The summed E-state index contributed by atoms with van der Waals surface area (Å²) in [6.07, 6.45) is 3.80. The third kappa shape index (κ3) is 5.35. The van der Waals surface area contributed by atoms with Gasteiger partial charge >= 0.3 is 0 Å². The summed E-state index contributed by atoms with van der Waals surface area (Å²) in [6.45, 7) is 7.64. The van der Waals surface area contributed by atoms with E-state index in [1.807, 2.05) is 19.3 Å². The molecule has 144 valence electrons. The Morgan fingerprint density at radius 3 is 2.63 bits per heavy atom. The lowest BCUT2D eigenvalue weighted by atomic mass is 10.2. The Morgan fingerprint density at radius 1 is 1.22 bits per heavy atom. The van der Waals surface area contributed by atoms with Crippen LogP contribution in [0.2, 0.25) is 0 Å². The number of hydrogen-bond donors (Lipinski definition) is 1. The van der Waals surface area contributed by atoms with Crippen LogP contribution in [0, 0.1) is 17.0 Å². The summed E-state index contributed by atoms with van der Waals surface area (Å²) in [5.74, 6) is 0.865. The SMILES string of the molecule is Cc1nccn1CCN1CCN(CC(=O)Nc2cccc([N+](=O)[O-])c2)CC1. The molecule has 1 aromatic carbocycles. The fourth-order valence-electron chi connectivity index (χ4n) is 3.16. The van der Waals surface area contributed by atoms with Crippen LogP contribution in [0.25, 0.3) is 0 Å². The van der Waals surface area contributed by atoms with Gasteiger partial charge in [-0.05, 0) is 13.0 Å². The maximum absolute atomic E-state index is 12.2. The van der Waals surface area contributed by atoms with Gasteiger partial charge in [-0.1, -0.05) is 6.07 Å². The zero-order valence-electron chi connectivity index (χ0n) is 15.4. The number of benzene rings is 1. The molecule has 3 rings (SSSR count). The van der Waals surface area contributed by atoms with Gasteiger partial charge in [-0.2, -0.15) is 0 Å². The normalized spacial score (nSPS) is 15.6. The number of carbonyl (C=O) groups is 1. The van der Waals surface area contributed by atoms with Crippen molar-refractivity contribution in [3.8, 4) is 0 Å². The van der Waals surface area contributed by atoms with Crippen molar-refractivity contribution >= 4 is 17.3 Å². The average Bonchev–Trinajstić information content (AvgIpc) is 3.06. The van der Waals surface area contributed by atoms with Gasteiger partial charge in [0.15, 0.2) is 0 Å². The van der Waals surface area contributed by atoms with Crippen LogP contribution >= 0.6 is 0 Å². The molecule has 0 atom stereocenters. The van der Waals surface area contributed by atoms with Crippen molar-refractivity contribution in [2.75, 3.05) is 44.6 Å². The first kappa shape index (κ1) is 19.0. The molecule has 1 aliphatic heterocycles. The summed E-state index contributed by atoms with van der Waals surface area (Å²) in [4.78, 5) is 31.3. The first-order chi connectivity index (χ1) is 13.0. The topological polar surface area (TPSA) is 96.5 Å². The third-order valence-electron chi connectivity index (χ3n) is 4.75. The van der Waals surface area contributed by atoms with Crippen LogP contribution in [0.4, 0.5) is 11.4 Å². The number of rotatable bonds is 7. The standard InChI is InChI=1S/C18H24N6O3/c1-15-19-5-6-23(15)12-11-21-7-9-22(10-8-21)14-18(25)20-16-3-2-4-17(13-16)24(26)27/h2-6,13H,7-12,14H2,1H3,(H,20,25). The monoisotopic (exact) mass is 372 g/mol. The molecular weight excluding hydrogens is 348 g/mol. The molecule has 1 saturated heterocycles. The molecule has 1 aliphatic rings. The van der Waals surface area contributed by atoms with E-state index in [-0.39, 0.29) is 18.1 Å². The molecule has 1 aromatic heterocycles. The zero-order chi connectivity index (χ0) is 19.2. The summed E-state index contributed by atoms with van der Waals surface area (Å²) >= 11 is 0. The molecule has 0 radical (unpaired) electrons. The van der Waals surface area contributed by atoms with E-state index in [1.165, 1.54) is 12.1 Å². The van der Waals surface area contributed by atoms with Crippen molar-refractivity contribution in [3.63, 3.8) is 0 Å². The maximum atomic E-state index is 12.2. The van der Waals surface area contributed by atoms with Gasteiger partial charge in [0.1, 0.15) is 5.82 Å². The van der Waals surface area contributed by atoms with E-state index in [2.05, 4.69) is 24.7 Å². The number of nitrogens with one attached hydrogen (secondary N) is 1. The van der Waals surface area contributed by atoms with Crippen LogP contribution in [0.15, 0.2) is 36.7 Å². The van der Waals surface area contributed by atoms with Crippen LogP contribution in [0.5, 0.6) is 0 Å². The smallest absolute Gasteiger partial charge is 0.271 e. The number of imidazole rings is 1. The second-order valence-electron chi connectivity index (χ2n) is 6.64. The van der Waals surface area contributed by atoms with Gasteiger partial charge in [-0.3, -0.25) is 24.7 Å². The predicted molar refractivity (Wildman–Crippen MR) is 102 cm³/mol. The van der Waals surface area contributed by atoms with Crippen molar-refractivity contribution in [1.82, 2.24) is 19.4 Å². The minimum Gasteiger partial charge on any atom is -0.334 e. The Hall–Kier alpha value is -2.78. The maximum Gasteiger partial charge on any atom is 0.271 e. The molecule has 0 aliphatic carbocycles. The van der Waals surface area contributed by atoms with E-state index in [0.29, 0.717) is 5.69 Å². The van der Waals surface area contributed by atoms with Gasteiger partial charge in [0.2, 0.25) is 5.91 Å². The highest BCUT2D eigenvalue weighted by Gasteiger charge is 2.19. The van der Waals surface area contributed by atoms with E-state index in [0.717, 1.165) is 45.1 Å². The molecule has 27 heavy (non-hydrogen) atoms. The molecule has 0 unspecified atom stereocenters. The van der Waals surface area contributed by atoms with Crippen molar-refractivity contribution in [3.05, 3.63) is 52.6 Å². The summed E-state index contributed by atoms with van der Waals surface area (Å²) in [7, 11) is 0. The number of aryl methyl sites for hydroxylation is 1. The fourth-order valence-corrected chi connectivity index (χ4v) is 3.16. The predicted octanol–water partition coefficient (Wildman–Crippen LogP) is 1.36. The molecule has 0 saturated carbocycles. The Bertz CT molecular complexity index is 798. The first-order valence-corrected chi connectivity index (χ1v) is 8.98. The third-order valence-corrected chi connectivity index (χ3v) is 4.75. The van der Waals surface area contributed by atoms with Gasteiger partial charge in [-0.25, -0.2) is 4.98 Å². The van der Waals surface area contributed by atoms with Crippen LogP contribution in [0.3, 0.4) is 0 Å². The lowest BCUT2D eigenvalue weighted by molar-refractivity contribution is -0.384. The first-order valence-electron chi connectivity index (χ1n) is 8.98. The van der Waals surface area contributed by atoms with E-state index in [1.54, 1.807) is 12.1 Å². The Morgan fingerprint density at radius 2 is 1.96 bits per heavy atom. The molecule has 9 heteroatoms. The fraction of sp³-hybridized carbons (Fsp3) is 0.444. The number of carbonyl (C=O) groups excluding carboxylic acids is 1. The molecule has 1 amide bonds. The summed E-state index contributed by atoms with van der Waals surface area (Å²) in [6, 6.07) is 5.99. The molecular formula is C18H24N6O3. The van der Waals surface area contributed by atoms with Gasteiger partial charge in [0, 0.05) is 69.5 Å². The van der Waals surface area contributed by atoms with E-state index < -0.39 is 4.92 Å². The van der Waals surface area contributed by atoms with E-state index >= 15 is 0 Å². The molecule has 9 nitrogen and oxygen atoms in total. The number of amides is 1. The number of piperazine rings is 1. The van der Waals surface area contributed by atoms with Crippen molar-refractivity contribution in [2.24, 2.45) is 0 Å². The quantitative estimate of drug-likeness (QED) is 0.582.